The first-order valence-electron chi connectivity index (χ1n) is 8.45. The molecule has 118 valence electrons. The number of carbonyl (C=O) groups excluding carboxylic acids is 1. The number of rotatable bonds is 4. The summed E-state index contributed by atoms with van der Waals surface area (Å²) >= 11 is 0. The maximum Gasteiger partial charge on any atom is 0.247 e. The Kier molecular flexibility index (Phi) is 4.65. The highest BCUT2D eigenvalue weighted by molar-refractivity contribution is 5.94. The molecular weight excluding hydrogens is 264 g/mol. The number of nitrogens with zero attached hydrogens (tertiary/aromatic N) is 1. The van der Waals surface area contributed by atoms with E-state index in [1.165, 1.54) is 24.8 Å². The third-order valence-corrected chi connectivity index (χ3v) is 5.60. The van der Waals surface area contributed by atoms with Crippen LogP contribution in [0.1, 0.15) is 51.9 Å². The van der Waals surface area contributed by atoms with Crippen molar-refractivity contribution < 1.29 is 9.53 Å². The van der Waals surface area contributed by atoms with E-state index in [4.69, 9.17) is 4.74 Å². The predicted molar refractivity (Wildman–Crippen MR) is 83.1 cm³/mol. The number of methoxy groups -OCH3 is 1. The van der Waals surface area contributed by atoms with Crippen molar-refractivity contribution >= 4 is 5.91 Å². The van der Waals surface area contributed by atoms with E-state index in [0.29, 0.717) is 18.2 Å². The van der Waals surface area contributed by atoms with Gasteiger partial charge < -0.3 is 10.1 Å². The van der Waals surface area contributed by atoms with E-state index in [-0.39, 0.29) is 5.91 Å². The van der Waals surface area contributed by atoms with Gasteiger partial charge in [0.25, 0.3) is 0 Å². The molecule has 1 aliphatic heterocycles. The van der Waals surface area contributed by atoms with Crippen molar-refractivity contribution in [1.29, 1.82) is 0 Å². The Balaban J connectivity index is 1.58. The normalized spacial score (nSPS) is 33.0. The molecule has 3 fully saturated rings. The summed E-state index contributed by atoms with van der Waals surface area (Å²) in [5, 5.41) is 3.31. The second kappa shape index (κ2) is 6.49. The number of hydrogen-bond acceptors (Lipinski definition) is 3. The number of nitrogens with one attached hydrogen (secondary N) is 1. The Bertz CT molecular complexity index is 427. The summed E-state index contributed by atoms with van der Waals surface area (Å²) in [7, 11) is 1.80. The molecule has 3 rings (SSSR count). The summed E-state index contributed by atoms with van der Waals surface area (Å²) in [6, 6.07) is 0.831. The number of amides is 1. The molecular formula is C17H28N2O2. The Morgan fingerprint density at radius 2 is 2.05 bits per heavy atom. The Morgan fingerprint density at radius 1 is 1.24 bits per heavy atom. The van der Waals surface area contributed by atoms with Crippen LogP contribution in [-0.2, 0) is 9.53 Å². The second-order valence-corrected chi connectivity index (χ2v) is 6.80. The molecule has 2 aliphatic carbocycles. The number of ether oxygens (including phenoxy) is 1. The molecule has 0 radical (unpaired) electrons. The fourth-order valence-corrected chi connectivity index (χ4v) is 3.96. The van der Waals surface area contributed by atoms with Gasteiger partial charge in [-0.2, -0.15) is 0 Å². The van der Waals surface area contributed by atoms with Gasteiger partial charge in [0.15, 0.2) is 0 Å². The van der Waals surface area contributed by atoms with Crippen LogP contribution < -0.4 is 5.32 Å². The summed E-state index contributed by atoms with van der Waals surface area (Å²) in [5.41, 5.74) is 2.34. The summed E-state index contributed by atoms with van der Waals surface area (Å²) in [6.07, 6.45) is 8.53. The molecule has 0 spiro atoms. The lowest BCUT2D eigenvalue weighted by Gasteiger charge is -2.30. The lowest BCUT2D eigenvalue weighted by atomic mass is 9.88. The molecule has 3 aliphatic rings. The molecule has 1 unspecified atom stereocenters. The second-order valence-electron chi connectivity index (χ2n) is 6.80. The summed E-state index contributed by atoms with van der Waals surface area (Å²) in [6.45, 7) is 4.12. The van der Waals surface area contributed by atoms with Crippen molar-refractivity contribution in [3.8, 4) is 0 Å². The average molecular weight is 292 g/mol. The van der Waals surface area contributed by atoms with Crippen LogP contribution in [0.15, 0.2) is 11.1 Å². The van der Waals surface area contributed by atoms with Crippen molar-refractivity contribution in [1.82, 2.24) is 10.2 Å². The molecule has 21 heavy (non-hydrogen) atoms. The van der Waals surface area contributed by atoms with E-state index in [1.54, 1.807) is 7.11 Å². The molecule has 0 aromatic heterocycles. The first-order chi connectivity index (χ1) is 10.2. The smallest absolute Gasteiger partial charge is 0.247 e. The number of allylic oxidation sites excluding steroid dienone is 1. The van der Waals surface area contributed by atoms with E-state index in [2.05, 4.69) is 10.2 Å². The van der Waals surface area contributed by atoms with Crippen molar-refractivity contribution in [2.75, 3.05) is 20.2 Å². The van der Waals surface area contributed by atoms with Gasteiger partial charge in [0.2, 0.25) is 5.91 Å². The van der Waals surface area contributed by atoms with E-state index < -0.39 is 0 Å². The zero-order chi connectivity index (χ0) is 14.8. The zero-order valence-corrected chi connectivity index (χ0v) is 13.4. The molecule has 1 N–H and O–H groups in total. The van der Waals surface area contributed by atoms with Crippen molar-refractivity contribution in [2.45, 2.75) is 70.1 Å². The minimum Gasteiger partial charge on any atom is -0.380 e. The Labute approximate surface area is 127 Å². The molecule has 3 atom stereocenters. The quantitative estimate of drug-likeness (QED) is 0.808. The van der Waals surface area contributed by atoms with E-state index >= 15 is 0 Å². The molecule has 4 nitrogen and oxygen atoms in total. The van der Waals surface area contributed by atoms with Crippen LogP contribution in [0.4, 0.5) is 0 Å². The fraction of sp³-hybridized carbons (Fsp3) is 0.824. The fourth-order valence-electron chi connectivity index (χ4n) is 3.96. The summed E-state index contributed by atoms with van der Waals surface area (Å²) in [4.78, 5) is 14.9. The maximum absolute atomic E-state index is 12.4. The first-order valence-corrected chi connectivity index (χ1v) is 8.45. The van der Waals surface area contributed by atoms with Crippen LogP contribution >= 0.6 is 0 Å². The Hall–Kier alpha value is -0.870. The highest BCUT2D eigenvalue weighted by Crippen LogP contribution is 2.30. The summed E-state index contributed by atoms with van der Waals surface area (Å²) < 4.78 is 5.47. The monoisotopic (exact) mass is 292 g/mol. The van der Waals surface area contributed by atoms with Crippen LogP contribution in [0.5, 0.6) is 0 Å². The van der Waals surface area contributed by atoms with E-state index in [9.17, 15) is 4.79 Å². The lowest BCUT2D eigenvalue weighted by Crippen LogP contribution is -2.48. The van der Waals surface area contributed by atoms with E-state index in [0.717, 1.165) is 44.3 Å². The maximum atomic E-state index is 12.4. The van der Waals surface area contributed by atoms with Gasteiger partial charge in [-0.25, -0.2) is 0 Å². The van der Waals surface area contributed by atoms with Gasteiger partial charge in [-0.05, 0) is 51.9 Å². The minimum absolute atomic E-state index is 0.170. The number of likely N-dealkylation sites (tertiary alicyclic amines) is 1. The summed E-state index contributed by atoms with van der Waals surface area (Å²) in [5.74, 6) is 0.170. The molecule has 4 heteroatoms. The van der Waals surface area contributed by atoms with Crippen LogP contribution in [0.25, 0.3) is 0 Å². The number of hydrogen-bond donors (Lipinski definition) is 1. The molecule has 0 aromatic carbocycles. The third kappa shape index (κ3) is 3.16. The first kappa shape index (κ1) is 15.0. The minimum atomic E-state index is 0.170. The van der Waals surface area contributed by atoms with Crippen LogP contribution in [-0.4, -0.2) is 49.2 Å². The van der Waals surface area contributed by atoms with Gasteiger partial charge >= 0.3 is 0 Å². The van der Waals surface area contributed by atoms with Crippen molar-refractivity contribution in [3.63, 3.8) is 0 Å². The van der Waals surface area contributed by atoms with Gasteiger partial charge in [-0.3, -0.25) is 9.69 Å². The molecule has 1 heterocycles. The van der Waals surface area contributed by atoms with Gasteiger partial charge in [-0.1, -0.05) is 5.57 Å². The molecule has 1 amide bonds. The molecule has 1 saturated heterocycles. The highest BCUT2D eigenvalue weighted by atomic mass is 16.5. The molecule has 0 bridgehead atoms. The van der Waals surface area contributed by atoms with Crippen molar-refractivity contribution in [2.24, 2.45) is 0 Å². The largest absolute Gasteiger partial charge is 0.380 e. The van der Waals surface area contributed by atoms with Gasteiger partial charge in [0.05, 0.1) is 6.10 Å². The van der Waals surface area contributed by atoms with Crippen LogP contribution in [0, 0.1) is 0 Å². The van der Waals surface area contributed by atoms with Gasteiger partial charge in [0, 0.05) is 37.9 Å². The SMILES string of the molecule is COC1CCN([C@H]2CCC[C@H]2NC(=O)C(C)=C2CCC2)C1. The third-order valence-electron chi connectivity index (χ3n) is 5.60. The highest BCUT2D eigenvalue weighted by Gasteiger charge is 2.37. The number of carbonyl (C=O) groups is 1. The zero-order valence-electron chi connectivity index (χ0n) is 13.4. The lowest BCUT2D eigenvalue weighted by molar-refractivity contribution is -0.118. The van der Waals surface area contributed by atoms with E-state index in [1.807, 2.05) is 6.92 Å². The van der Waals surface area contributed by atoms with Crippen LogP contribution in [0.3, 0.4) is 0 Å². The standard InChI is InChI=1S/C17H28N2O2/c1-12(13-5-3-6-13)17(20)18-15-7-4-8-16(15)19-10-9-14(11-19)21-2/h14-16H,3-11H2,1-2H3,(H,18,20)/t14?,15-,16+/m1/s1. The van der Waals surface area contributed by atoms with Crippen molar-refractivity contribution in [3.05, 3.63) is 11.1 Å². The average Bonchev–Trinajstić information content (AvgIpc) is 3.04. The van der Waals surface area contributed by atoms with Gasteiger partial charge in [-0.15, -0.1) is 0 Å². The Morgan fingerprint density at radius 3 is 2.67 bits per heavy atom. The predicted octanol–water partition coefficient (Wildman–Crippen LogP) is 2.24. The molecule has 0 aromatic rings. The van der Waals surface area contributed by atoms with Gasteiger partial charge in [0.1, 0.15) is 0 Å². The van der Waals surface area contributed by atoms with Crippen LogP contribution in [0.2, 0.25) is 0 Å². The topological polar surface area (TPSA) is 41.6 Å². The molecule has 2 saturated carbocycles.